The summed E-state index contributed by atoms with van der Waals surface area (Å²) in [5.74, 6) is -0.928. The van der Waals surface area contributed by atoms with Crippen molar-refractivity contribution < 1.29 is 78.6 Å². The van der Waals surface area contributed by atoms with E-state index in [9.17, 15) is 0 Å². The van der Waals surface area contributed by atoms with Crippen molar-refractivity contribution in [1.29, 1.82) is 0 Å². The summed E-state index contributed by atoms with van der Waals surface area (Å²) >= 11 is 0. The van der Waals surface area contributed by atoms with Gasteiger partial charge in [-0.25, -0.2) is 29.9 Å². The second kappa shape index (κ2) is 39.0. The van der Waals surface area contributed by atoms with Crippen molar-refractivity contribution in [3.8, 4) is 67.8 Å². The molecule has 0 amide bonds. The van der Waals surface area contributed by atoms with Gasteiger partial charge in [0.2, 0.25) is 0 Å². The summed E-state index contributed by atoms with van der Waals surface area (Å²) in [6.45, 7) is 5.17. The van der Waals surface area contributed by atoms with Crippen molar-refractivity contribution in [3.05, 3.63) is 279 Å². The van der Waals surface area contributed by atoms with Gasteiger partial charge in [-0.15, -0.1) is 0 Å². The first-order valence-electron chi connectivity index (χ1n) is 28.4. The Labute approximate surface area is 569 Å². The second-order valence-electron chi connectivity index (χ2n) is 19.4. The molecule has 0 saturated carbocycles. The summed E-state index contributed by atoms with van der Waals surface area (Å²) < 4.78 is 0. The molecule has 94 heavy (non-hydrogen) atoms. The number of rotatable bonds is 14. The van der Waals surface area contributed by atoms with Crippen LogP contribution in [-0.2, 0) is 71.2 Å². The largest absolute Gasteiger partial charge is 2.00 e. The Morgan fingerprint density at radius 1 is 0.277 bits per heavy atom. The minimum atomic E-state index is -1.08. The summed E-state index contributed by atoms with van der Waals surface area (Å²) in [7, 11) is 0. The monoisotopic (exact) mass is 1350 g/mol. The molecule has 0 spiro atoms. The Morgan fingerprint density at radius 2 is 0.479 bits per heavy atom. The molecule has 0 unspecified atom stereocenters. The van der Waals surface area contributed by atoms with Crippen molar-refractivity contribution >= 4 is 47.1 Å². The molecule has 12 aromatic rings. The Hall–Kier alpha value is -11.3. The fourth-order valence-electron chi connectivity index (χ4n) is 8.56. The maximum Gasteiger partial charge on any atom is 2.00 e. The van der Waals surface area contributed by atoms with E-state index in [1.54, 1.807) is 49.6 Å². The smallest absolute Gasteiger partial charge is 0.550 e. The van der Waals surface area contributed by atoms with Crippen molar-refractivity contribution in [1.82, 2.24) is 49.8 Å². The second-order valence-corrected chi connectivity index (χ2v) is 19.4. The molecular formula is C72H60N12O8Zn2. The molecule has 460 valence electrons. The molecule has 0 N–H and O–H groups in total. The normalized spacial score (nSPS) is 9.74. The number of anilines is 4. The number of carbonyl (C=O) groups excluding carboxylic acids is 4. The summed E-state index contributed by atoms with van der Waals surface area (Å²) in [4.78, 5) is 85.9. The Bertz CT molecular complexity index is 3700. The number of aromatic nitrogens is 10. The summed E-state index contributed by atoms with van der Waals surface area (Å²) in [5.41, 5.74) is 13.1. The van der Waals surface area contributed by atoms with Crippen molar-refractivity contribution in [2.75, 3.05) is 9.80 Å². The van der Waals surface area contributed by atoms with Gasteiger partial charge >= 0.3 is 39.0 Å². The van der Waals surface area contributed by atoms with Crippen LogP contribution in [0.15, 0.2) is 268 Å². The fourth-order valence-corrected chi connectivity index (χ4v) is 8.56. The molecule has 10 aromatic heterocycles. The molecule has 12 rings (SSSR count). The van der Waals surface area contributed by atoms with Crippen LogP contribution >= 0.6 is 0 Å². The summed E-state index contributed by atoms with van der Waals surface area (Å²) in [6, 6.07) is 72.5. The minimum Gasteiger partial charge on any atom is -0.550 e. The van der Waals surface area contributed by atoms with E-state index in [0.717, 1.165) is 130 Å². The van der Waals surface area contributed by atoms with E-state index in [-0.39, 0.29) is 39.0 Å². The van der Waals surface area contributed by atoms with Crippen LogP contribution in [0, 0.1) is 0 Å². The first-order valence-corrected chi connectivity index (χ1v) is 28.4. The van der Waals surface area contributed by atoms with Crippen LogP contribution in [0.2, 0.25) is 0 Å². The van der Waals surface area contributed by atoms with Gasteiger partial charge in [-0.2, -0.15) is 0 Å². The predicted octanol–water partition coefficient (Wildman–Crippen LogP) is 9.02. The Morgan fingerprint density at radius 3 is 0.660 bits per heavy atom. The number of carboxylic acid groups (broad SMARTS) is 4. The molecule has 0 bridgehead atoms. The van der Waals surface area contributed by atoms with Crippen LogP contribution in [0.4, 0.5) is 23.3 Å². The van der Waals surface area contributed by atoms with E-state index >= 15 is 0 Å². The van der Waals surface area contributed by atoms with Crippen LogP contribution in [0.5, 0.6) is 0 Å². The van der Waals surface area contributed by atoms with E-state index in [4.69, 9.17) is 49.6 Å². The van der Waals surface area contributed by atoms with E-state index < -0.39 is 23.9 Å². The third-order valence-corrected chi connectivity index (χ3v) is 12.3. The van der Waals surface area contributed by atoms with E-state index in [1.165, 1.54) is 0 Å². The van der Waals surface area contributed by atoms with Gasteiger partial charge in [-0.05, 0) is 182 Å². The molecule has 20 nitrogen and oxygen atoms in total. The SMILES string of the molecule is CC(=O)[O-].CC(=O)[O-].CC(=O)[O-].CC(=O)[O-].[Zn+2].[Zn+2].c1ccc(-c2cc(-c3ccc(CN(c4ccccn4)c4ccccn4)cc3)cc(-c3ccccn3)n2)nc1.c1ccc(-c2cc(-c3ccc(CN(c4ccccn4)c4ccccn4)cc3)cc(-c3ccccn3)n2)nc1. The van der Waals surface area contributed by atoms with Gasteiger partial charge in [0.15, 0.2) is 0 Å². The minimum absolute atomic E-state index is 0. The maximum atomic E-state index is 8.89. The standard InChI is InChI=1S/2C32H24N6.4C2H4O2.2Zn/c2*1-5-17-33-27(9-1)29-21-26(22-30(37-29)28-10-2-6-18-34-28)25-15-13-24(14-16-25)23-38(31-11-3-7-19-35-31)32-12-4-8-20-36-32;4*1-2(3)4;;/h2*1-22H,23H2;4*1H3,(H,3,4);;/q;;;;;;2*+2/p-4. The molecule has 0 aliphatic rings. The summed E-state index contributed by atoms with van der Waals surface area (Å²) in [6.07, 6.45) is 14.3. The molecule has 0 radical (unpaired) electrons. The van der Waals surface area contributed by atoms with Gasteiger partial charge < -0.3 is 49.4 Å². The first-order chi connectivity index (χ1) is 44.6. The molecule has 0 atom stereocenters. The number of benzene rings is 2. The number of hydrogen-bond donors (Lipinski definition) is 0. The zero-order valence-corrected chi connectivity index (χ0v) is 57.8. The molecular weight excluding hydrogens is 1290 g/mol. The molecule has 22 heteroatoms. The number of aliphatic carboxylic acids is 4. The zero-order chi connectivity index (χ0) is 65.5. The molecule has 0 fully saturated rings. The van der Waals surface area contributed by atoms with Crippen LogP contribution in [0.3, 0.4) is 0 Å². The van der Waals surface area contributed by atoms with Crippen molar-refractivity contribution in [2.45, 2.75) is 40.8 Å². The molecule has 0 aliphatic carbocycles. The van der Waals surface area contributed by atoms with E-state index in [2.05, 4.69) is 122 Å². The van der Waals surface area contributed by atoms with Crippen molar-refractivity contribution in [3.63, 3.8) is 0 Å². The molecule has 0 saturated heterocycles. The number of hydrogen-bond acceptors (Lipinski definition) is 20. The average molecular weight is 1350 g/mol. The average Bonchev–Trinajstić information content (AvgIpc) is 0.886. The van der Waals surface area contributed by atoms with Crippen molar-refractivity contribution in [2.24, 2.45) is 0 Å². The molecule has 2 aromatic carbocycles. The van der Waals surface area contributed by atoms with Crippen LogP contribution in [-0.4, -0.2) is 73.7 Å². The molecule has 10 heterocycles. The van der Waals surface area contributed by atoms with Crippen LogP contribution < -0.4 is 30.2 Å². The van der Waals surface area contributed by atoms with Gasteiger partial charge in [-0.3, -0.25) is 19.9 Å². The fraction of sp³-hybridized carbons (Fsp3) is 0.0833. The third-order valence-electron chi connectivity index (χ3n) is 12.3. The number of carbonyl (C=O) groups is 4. The van der Waals surface area contributed by atoms with Gasteiger partial charge in [0, 0.05) is 73.5 Å². The van der Waals surface area contributed by atoms with Gasteiger partial charge in [0.1, 0.15) is 23.3 Å². The van der Waals surface area contributed by atoms with Crippen LogP contribution in [0.25, 0.3) is 67.8 Å². The van der Waals surface area contributed by atoms with E-state index in [1.807, 2.05) is 146 Å². The number of pyridine rings is 10. The number of carboxylic acids is 4. The quantitative estimate of drug-likeness (QED) is 0.0917. The van der Waals surface area contributed by atoms with Gasteiger partial charge in [0.25, 0.3) is 0 Å². The van der Waals surface area contributed by atoms with E-state index in [0.29, 0.717) is 13.1 Å². The summed E-state index contributed by atoms with van der Waals surface area (Å²) in [5, 5.41) is 35.6. The zero-order valence-electron chi connectivity index (χ0n) is 51.9. The van der Waals surface area contributed by atoms with Gasteiger partial charge in [0.05, 0.1) is 58.6 Å². The van der Waals surface area contributed by atoms with Crippen LogP contribution in [0.1, 0.15) is 38.8 Å². The first kappa shape index (κ1) is 73.4. The third kappa shape index (κ3) is 24.5. The number of nitrogens with zero attached hydrogens (tertiary/aromatic N) is 12. The van der Waals surface area contributed by atoms with Gasteiger partial charge in [-0.1, -0.05) is 97.1 Å². The maximum absolute atomic E-state index is 8.89. The predicted molar refractivity (Wildman–Crippen MR) is 344 cm³/mol. The topological polar surface area (TPSA) is 296 Å². The molecule has 0 aliphatic heterocycles. The Balaban J connectivity index is 0.000000273. The Kier molecular flexibility index (Phi) is 30.5.